The maximum atomic E-state index is 14.4. The van der Waals surface area contributed by atoms with E-state index in [9.17, 15) is 14.7 Å². The van der Waals surface area contributed by atoms with Crippen molar-refractivity contribution in [2.24, 2.45) is 45.3 Å². The zero-order valence-corrected chi connectivity index (χ0v) is 32.0. The number of aliphatic hydroxyl groups excluding tert-OH is 1. The number of nitrogens with one attached hydrogen (secondary N) is 1. The summed E-state index contributed by atoms with van der Waals surface area (Å²) in [5.41, 5.74) is 2.96. The first-order valence-corrected chi connectivity index (χ1v) is 19.2. The van der Waals surface area contributed by atoms with Crippen molar-refractivity contribution in [3.8, 4) is 0 Å². The standard InChI is InChI=1S/C41H62ClN3O3/c1-26(2)34-30(46)24-41(43-36(48)45(23-22-44(8)9)25-27-10-12-28(42)13-11-27)21-20-39(6)29(35(34)41)14-15-32-38(5)18-17-33(47)37(3,4)31(38)16-19-40(32,39)7/h10-13,26,29,31-33,47H,14-25H2,1-9H3,(H,43,48)/t29-,31+,32-,33+,38+,39-,40-,41-/m1/s1. The van der Waals surface area contributed by atoms with Crippen molar-refractivity contribution >= 4 is 23.4 Å². The number of fused-ring (bicyclic) bond motifs is 7. The molecule has 4 saturated carbocycles. The number of benzene rings is 1. The molecule has 0 heterocycles. The van der Waals surface area contributed by atoms with Crippen LogP contribution in [0.4, 0.5) is 4.79 Å². The first kappa shape index (κ1) is 35.9. The quantitative estimate of drug-likeness (QED) is 0.303. The van der Waals surface area contributed by atoms with Crippen LogP contribution in [-0.4, -0.2) is 65.5 Å². The van der Waals surface area contributed by atoms with E-state index in [0.29, 0.717) is 36.4 Å². The zero-order valence-electron chi connectivity index (χ0n) is 31.2. The van der Waals surface area contributed by atoms with Crippen molar-refractivity contribution in [1.29, 1.82) is 0 Å². The molecule has 48 heavy (non-hydrogen) atoms. The minimum atomic E-state index is -0.629. The van der Waals surface area contributed by atoms with E-state index < -0.39 is 5.54 Å². The highest BCUT2D eigenvalue weighted by Crippen LogP contribution is 2.75. The van der Waals surface area contributed by atoms with E-state index in [0.717, 1.165) is 69.0 Å². The molecule has 266 valence electrons. The lowest BCUT2D eigenvalue weighted by Gasteiger charge is -2.72. The lowest BCUT2D eigenvalue weighted by Crippen LogP contribution is -2.67. The first-order chi connectivity index (χ1) is 22.4. The number of hydrogen-bond acceptors (Lipinski definition) is 4. The Hall–Kier alpha value is -1.89. The van der Waals surface area contributed by atoms with Gasteiger partial charge in [0.15, 0.2) is 5.78 Å². The van der Waals surface area contributed by atoms with Crippen LogP contribution in [0.2, 0.25) is 5.02 Å². The van der Waals surface area contributed by atoms with Gasteiger partial charge < -0.3 is 20.2 Å². The second-order valence-electron chi connectivity index (χ2n) is 18.4. The van der Waals surface area contributed by atoms with Crippen molar-refractivity contribution in [2.45, 2.75) is 124 Å². The second-order valence-corrected chi connectivity index (χ2v) is 18.9. The number of allylic oxidation sites excluding steroid dienone is 1. The average Bonchev–Trinajstić information content (AvgIpc) is 3.30. The highest BCUT2D eigenvalue weighted by atomic mass is 35.5. The van der Waals surface area contributed by atoms with Crippen LogP contribution < -0.4 is 5.32 Å². The summed E-state index contributed by atoms with van der Waals surface area (Å²) in [6.07, 6.45) is 8.47. The van der Waals surface area contributed by atoms with Gasteiger partial charge >= 0.3 is 6.03 Å². The van der Waals surface area contributed by atoms with Gasteiger partial charge in [-0.2, -0.15) is 0 Å². The maximum Gasteiger partial charge on any atom is 0.318 e. The van der Waals surface area contributed by atoms with Gasteiger partial charge in [0.1, 0.15) is 0 Å². The number of Topliss-reactive ketones (excluding diaryl/α,β-unsaturated/α-hetero) is 1. The molecule has 4 fully saturated rings. The summed E-state index contributed by atoms with van der Waals surface area (Å²) in [7, 11) is 4.07. The monoisotopic (exact) mass is 679 g/mol. The van der Waals surface area contributed by atoms with E-state index in [4.69, 9.17) is 11.6 Å². The van der Waals surface area contributed by atoms with Gasteiger partial charge in [-0.05, 0) is 140 Å². The summed E-state index contributed by atoms with van der Waals surface area (Å²) in [5.74, 6) is 1.71. The topological polar surface area (TPSA) is 72.9 Å². The number of hydrogen-bond donors (Lipinski definition) is 2. The van der Waals surface area contributed by atoms with Crippen LogP contribution in [0.3, 0.4) is 0 Å². The van der Waals surface area contributed by atoms with Crippen molar-refractivity contribution in [1.82, 2.24) is 15.1 Å². The van der Waals surface area contributed by atoms with Crippen LogP contribution in [0, 0.1) is 45.3 Å². The van der Waals surface area contributed by atoms with Gasteiger partial charge in [-0.15, -0.1) is 0 Å². The fourth-order valence-corrected chi connectivity index (χ4v) is 12.5. The Kier molecular flexibility index (Phi) is 9.28. The molecule has 2 N–H and O–H groups in total. The molecule has 0 aliphatic heterocycles. The van der Waals surface area contributed by atoms with Gasteiger partial charge in [-0.1, -0.05) is 72.2 Å². The molecule has 0 radical (unpaired) electrons. The number of aliphatic hydroxyl groups is 1. The molecule has 6 rings (SSSR count). The fourth-order valence-electron chi connectivity index (χ4n) is 12.4. The Labute approximate surface area is 295 Å². The van der Waals surface area contributed by atoms with E-state index in [1.807, 2.05) is 43.3 Å². The molecule has 0 spiro atoms. The molecule has 0 saturated heterocycles. The molecule has 5 aliphatic carbocycles. The van der Waals surface area contributed by atoms with Crippen LogP contribution in [0.15, 0.2) is 35.4 Å². The van der Waals surface area contributed by atoms with Gasteiger partial charge in [0, 0.05) is 31.1 Å². The highest BCUT2D eigenvalue weighted by Gasteiger charge is 2.70. The van der Waals surface area contributed by atoms with Gasteiger partial charge in [-0.3, -0.25) is 4.79 Å². The summed E-state index contributed by atoms with van der Waals surface area (Å²) >= 11 is 6.19. The van der Waals surface area contributed by atoms with E-state index >= 15 is 0 Å². The van der Waals surface area contributed by atoms with Gasteiger partial charge in [0.05, 0.1) is 11.6 Å². The first-order valence-electron chi connectivity index (χ1n) is 18.8. The summed E-state index contributed by atoms with van der Waals surface area (Å²) in [6.45, 7) is 18.5. The minimum absolute atomic E-state index is 0.0341. The Morgan fingerprint density at radius 3 is 2.25 bits per heavy atom. The highest BCUT2D eigenvalue weighted by molar-refractivity contribution is 6.30. The van der Waals surface area contributed by atoms with Crippen LogP contribution in [-0.2, 0) is 11.3 Å². The van der Waals surface area contributed by atoms with Gasteiger partial charge in [0.2, 0.25) is 0 Å². The van der Waals surface area contributed by atoms with E-state index in [1.54, 1.807) is 0 Å². The summed E-state index contributed by atoms with van der Waals surface area (Å²) < 4.78 is 0. The van der Waals surface area contributed by atoms with Crippen molar-refractivity contribution in [3.63, 3.8) is 0 Å². The summed E-state index contributed by atoms with van der Waals surface area (Å²) in [6, 6.07) is 7.67. The molecule has 8 atom stereocenters. The maximum absolute atomic E-state index is 14.4. The zero-order chi connectivity index (χ0) is 35.0. The van der Waals surface area contributed by atoms with Crippen molar-refractivity contribution in [2.75, 3.05) is 27.2 Å². The molecule has 0 unspecified atom stereocenters. The SMILES string of the molecule is CC(C)C1=C2[C@H]3CC[C@@H]4[C@@]5(C)CC[C@H](O)C(C)(C)[C@@H]5CC[C@@]4(C)[C@]3(C)CC[C@@]2(NC(=O)N(CCN(C)C)Cc2ccc(Cl)cc2)CC1=O. The number of halogens is 1. The van der Waals surface area contributed by atoms with E-state index in [-0.39, 0.29) is 51.4 Å². The summed E-state index contributed by atoms with van der Waals surface area (Å²) in [5, 5.41) is 15.4. The number of ketones is 1. The Balaban J connectivity index is 1.35. The molecule has 0 aromatic heterocycles. The number of amides is 2. The van der Waals surface area contributed by atoms with Crippen LogP contribution in [0.1, 0.15) is 112 Å². The molecule has 6 nitrogen and oxygen atoms in total. The van der Waals surface area contributed by atoms with Crippen LogP contribution >= 0.6 is 11.6 Å². The molecule has 1 aromatic carbocycles. The molecule has 0 bridgehead atoms. The number of carbonyl (C=O) groups excluding carboxylic acids is 2. The van der Waals surface area contributed by atoms with Gasteiger partial charge in [-0.25, -0.2) is 4.79 Å². The molecule has 1 aromatic rings. The van der Waals surface area contributed by atoms with E-state index in [2.05, 4.69) is 58.7 Å². The number of urea groups is 1. The number of likely N-dealkylation sites (N-methyl/N-ethyl adjacent to an activating group) is 1. The third-order valence-electron chi connectivity index (χ3n) is 15.1. The molecule has 5 aliphatic rings. The van der Waals surface area contributed by atoms with E-state index in [1.165, 1.54) is 5.57 Å². The number of carbonyl (C=O) groups is 2. The third-order valence-corrected chi connectivity index (χ3v) is 15.4. The Bertz CT molecular complexity index is 1450. The average molecular weight is 680 g/mol. The molecular formula is C41H62ClN3O3. The predicted molar refractivity (Wildman–Crippen MR) is 195 cm³/mol. The second kappa shape index (κ2) is 12.4. The predicted octanol–water partition coefficient (Wildman–Crippen LogP) is 8.51. The number of nitrogens with zero attached hydrogens (tertiary/aromatic N) is 2. The summed E-state index contributed by atoms with van der Waals surface area (Å²) in [4.78, 5) is 32.6. The van der Waals surface area contributed by atoms with Crippen molar-refractivity contribution in [3.05, 3.63) is 46.0 Å². The lowest BCUT2D eigenvalue weighted by atomic mass is 9.33. The minimum Gasteiger partial charge on any atom is -0.393 e. The third kappa shape index (κ3) is 5.50. The Morgan fingerprint density at radius 1 is 0.917 bits per heavy atom. The smallest absolute Gasteiger partial charge is 0.318 e. The largest absolute Gasteiger partial charge is 0.393 e. The molecule has 2 amide bonds. The lowest BCUT2D eigenvalue weighted by molar-refractivity contribution is -0.226. The van der Waals surface area contributed by atoms with Crippen LogP contribution in [0.25, 0.3) is 0 Å². The van der Waals surface area contributed by atoms with Crippen LogP contribution in [0.5, 0.6) is 0 Å². The Morgan fingerprint density at radius 2 is 1.60 bits per heavy atom. The molecule has 7 heteroatoms. The van der Waals surface area contributed by atoms with Crippen molar-refractivity contribution < 1.29 is 14.7 Å². The molecular weight excluding hydrogens is 618 g/mol. The normalized spacial score (nSPS) is 38.7. The van der Waals surface area contributed by atoms with Gasteiger partial charge in [0.25, 0.3) is 0 Å². The number of rotatable bonds is 7. The fraction of sp³-hybridized carbons (Fsp3) is 0.756.